The van der Waals surface area contributed by atoms with Crippen LogP contribution in [0.5, 0.6) is 0 Å². The molecule has 0 amide bonds. The zero-order valence-corrected chi connectivity index (χ0v) is 11.9. The molecule has 2 bridgehead atoms. The van der Waals surface area contributed by atoms with Crippen LogP contribution in [0.25, 0.3) is 11.3 Å². The molecule has 5 rings (SSSR count). The Bertz CT molecular complexity index is 594. The number of hydrogen-bond acceptors (Lipinski definition) is 5. The van der Waals surface area contributed by atoms with Crippen molar-refractivity contribution in [3.63, 3.8) is 0 Å². The normalized spacial score (nSPS) is 24.9. The number of nitrogens with zero attached hydrogens (tertiary/aromatic N) is 4. The van der Waals surface area contributed by atoms with E-state index in [1.807, 2.05) is 24.4 Å². The molecule has 2 unspecified atom stereocenters. The summed E-state index contributed by atoms with van der Waals surface area (Å²) in [5.74, 6) is 1.00. The molecule has 3 fully saturated rings. The van der Waals surface area contributed by atoms with E-state index in [0.717, 1.165) is 30.2 Å². The third-order valence-electron chi connectivity index (χ3n) is 4.52. The monoisotopic (exact) mass is 281 g/mol. The largest absolute Gasteiger partial charge is 0.351 e. The quantitative estimate of drug-likeness (QED) is 0.910. The van der Waals surface area contributed by atoms with Crippen molar-refractivity contribution in [1.82, 2.24) is 20.5 Å². The summed E-state index contributed by atoms with van der Waals surface area (Å²) < 4.78 is 0. The van der Waals surface area contributed by atoms with Crippen molar-refractivity contribution in [1.29, 1.82) is 0 Å². The summed E-state index contributed by atoms with van der Waals surface area (Å²) in [6, 6.07) is 9.28. The highest BCUT2D eigenvalue weighted by Gasteiger charge is 2.31. The van der Waals surface area contributed by atoms with Crippen molar-refractivity contribution in [2.75, 3.05) is 18.0 Å². The van der Waals surface area contributed by atoms with E-state index in [0.29, 0.717) is 12.1 Å². The van der Waals surface area contributed by atoms with Crippen LogP contribution in [0.1, 0.15) is 19.3 Å². The predicted molar refractivity (Wildman–Crippen MR) is 82.0 cm³/mol. The van der Waals surface area contributed by atoms with E-state index in [-0.39, 0.29) is 0 Å². The molecule has 0 saturated carbocycles. The molecule has 108 valence electrons. The maximum atomic E-state index is 4.46. The van der Waals surface area contributed by atoms with Gasteiger partial charge in [-0.25, -0.2) is 0 Å². The van der Waals surface area contributed by atoms with Crippen LogP contribution in [0.3, 0.4) is 0 Å². The molecule has 2 aromatic rings. The molecular formula is C16H19N5. The molecule has 5 heterocycles. The maximum absolute atomic E-state index is 4.46. The van der Waals surface area contributed by atoms with Gasteiger partial charge in [-0.2, -0.15) is 0 Å². The van der Waals surface area contributed by atoms with E-state index in [4.69, 9.17) is 0 Å². The van der Waals surface area contributed by atoms with Gasteiger partial charge in [0, 0.05) is 36.6 Å². The fourth-order valence-corrected chi connectivity index (χ4v) is 3.38. The molecule has 0 aliphatic carbocycles. The molecule has 5 heteroatoms. The average Bonchev–Trinajstić information content (AvgIpc) is 2.91. The Morgan fingerprint density at radius 2 is 2.10 bits per heavy atom. The van der Waals surface area contributed by atoms with Gasteiger partial charge in [0.05, 0.1) is 5.69 Å². The molecular weight excluding hydrogens is 262 g/mol. The molecule has 3 aliphatic heterocycles. The Morgan fingerprint density at radius 3 is 2.90 bits per heavy atom. The van der Waals surface area contributed by atoms with Gasteiger partial charge >= 0.3 is 0 Å². The second-order valence-electron chi connectivity index (χ2n) is 5.84. The number of rotatable bonds is 2. The standard InChI is InChI=1S/C16H19N5/c1-2-12(10-17-8-1)15-5-6-16(20-19-15)21-11-13-3-4-14(21)7-9-18-13/h1-2,5-6,8,10,13-14,18H,3-4,7,9,11H2. The maximum Gasteiger partial charge on any atom is 0.151 e. The predicted octanol–water partition coefficient (Wildman–Crippen LogP) is 1.87. The van der Waals surface area contributed by atoms with Gasteiger partial charge in [0.1, 0.15) is 0 Å². The molecule has 0 radical (unpaired) electrons. The molecule has 2 atom stereocenters. The summed E-state index contributed by atoms with van der Waals surface area (Å²) in [6.07, 6.45) is 7.32. The number of anilines is 1. The highest BCUT2D eigenvalue weighted by Crippen LogP contribution is 2.28. The Kier molecular flexibility index (Phi) is 3.27. The van der Waals surface area contributed by atoms with Crippen molar-refractivity contribution in [2.24, 2.45) is 0 Å². The van der Waals surface area contributed by atoms with Crippen molar-refractivity contribution >= 4 is 5.82 Å². The Labute approximate surface area is 124 Å². The second kappa shape index (κ2) is 5.41. The van der Waals surface area contributed by atoms with Gasteiger partial charge in [-0.3, -0.25) is 4.98 Å². The highest BCUT2D eigenvalue weighted by atomic mass is 15.3. The smallest absolute Gasteiger partial charge is 0.151 e. The van der Waals surface area contributed by atoms with Gasteiger partial charge < -0.3 is 10.2 Å². The first-order valence-electron chi connectivity index (χ1n) is 7.64. The lowest BCUT2D eigenvalue weighted by Gasteiger charge is -2.37. The first-order chi connectivity index (χ1) is 10.4. The van der Waals surface area contributed by atoms with Crippen LogP contribution in [0.4, 0.5) is 5.82 Å². The number of pyridine rings is 1. The van der Waals surface area contributed by atoms with E-state index in [1.165, 1.54) is 19.3 Å². The first-order valence-corrected chi connectivity index (χ1v) is 7.64. The zero-order valence-electron chi connectivity index (χ0n) is 11.9. The van der Waals surface area contributed by atoms with Gasteiger partial charge in [0.15, 0.2) is 5.82 Å². The molecule has 0 spiro atoms. The van der Waals surface area contributed by atoms with Gasteiger partial charge in [0.2, 0.25) is 0 Å². The van der Waals surface area contributed by atoms with Crippen molar-refractivity contribution in [3.05, 3.63) is 36.7 Å². The van der Waals surface area contributed by atoms with Crippen LogP contribution in [-0.4, -0.2) is 40.4 Å². The van der Waals surface area contributed by atoms with Crippen LogP contribution in [0, 0.1) is 0 Å². The average molecular weight is 281 g/mol. The fourth-order valence-electron chi connectivity index (χ4n) is 3.38. The lowest BCUT2D eigenvalue weighted by molar-refractivity contribution is 0.426. The number of nitrogens with one attached hydrogen (secondary N) is 1. The summed E-state index contributed by atoms with van der Waals surface area (Å²) >= 11 is 0. The summed E-state index contributed by atoms with van der Waals surface area (Å²) in [5.41, 5.74) is 1.89. The molecule has 1 N–H and O–H groups in total. The van der Waals surface area contributed by atoms with Gasteiger partial charge in [-0.05, 0) is 50.1 Å². The summed E-state index contributed by atoms with van der Waals surface area (Å²) in [5, 5.41) is 12.5. The van der Waals surface area contributed by atoms with Crippen molar-refractivity contribution < 1.29 is 0 Å². The van der Waals surface area contributed by atoms with Gasteiger partial charge in [-0.15, -0.1) is 10.2 Å². The Hall–Kier alpha value is -2.01. The Morgan fingerprint density at radius 1 is 1.10 bits per heavy atom. The molecule has 2 aromatic heterocycles. The topological polar surface area (TPSA) is 53.9 Å². The molecule has 0 aromatic carbocycles. The molecule has 3 aliphatic rings. The lowest BCUT2D eigenvalue weighted by atomic mass is 9.99. The van der Waals surface area contributed by atoms with E-state index < -0.39 is 0 Å². The van der Waals surface area contributed by atoms with E-state index in [9.17, 15) is 0 Å². The minimum Gasteiger partial charge on any atom is -0.351 e. The third-order valence-corrected chi connectivity index (χ3v) is 4.52. The molecule has 21 heavy (non-hydrogen) atoms. The van der Waals surface area contributed by atoms with Crippen molar-refractivity contribution in [3.8, 4) is 11.3 Å². The number of fused-ring (bicyclic) bond motifs is 4. The fraction of sp³-hybridized carbons (Fsp3) is 0.438. The van der Waals surface area contributed by atoms with Crippen LogP contribution >= 0.6 is 0 Å². The van der Waals surface area contributed by atoms with E-state index in [2.05, 4.69) is 31.5 Å². The first kappa shape index (κ1) is 12.7. The number of hydrogen-bond donors (Lipinski definition) is 1. The molecule has 3 saturated heterocycles. The minimum atomic E-state index is 0.601. The lowest BCUT2D eigenvalue weighted by Crippen LogP contribution is -2.46. The number of piperidine rings is 1. The van der Waals surface area contributed by atoms with Crippen LogP contribution < -0.4 is 10.2 Å². The number of aromatic nitrogens is 3. The van der Waals surface area contributed by atoms with Crippen LogP contribution in [0.15, 0.2) is 36.7 Å². The summed E-state index contributed by atoms with van der Waals surface area (Å²) in [4.78, 5) is 6.56. The summed E-state index contributed by atoms with van der Waals surface area (Å²) in [7, 11) is 0. The van der Waals surface area contributed by atoms with Crippen LogP contribution in [-0.2, 0) is 0 Å². The van der Waals surface area contributed by atoms with E-state index >= 15 is 0 Å². The second-order valence-corrected chi connectivity index (χ2v) is 5.84. The molecule has 5 nitrogen and oxygen atoms in total. The van der Waals surface area contributed by atoms with E-state index in [1.54, 1.807) is 6.20 Å². The summed E-state index contributed by atoms with van der Waals surface area (Å²) in [6.45, 7) is 2.17. The van der Waals surface area contributed by atoms with Crippen LogP contribution in [0.2, 0.25) is 0 Å². The zero-order chi connectivity index (χ0) is 14.1. The van der Waals surface area contributed by atoms with Crippen molar-refractivity contribution in [2.45, 2.75) is 31.3 Å². The minimum absolute atomic E-state index is 0.601. The van der Waals surface area contributed by atoms with Gasteiger partial charge in [0.25, 0.3) is 0 Å². The SMILES string of the molecule is c1cncc(-c2ccc(N3CC4CCC3CCN4)nn2)c1. The van der Waals surface area contributed by atoms with Gasteiger partial charge in [-0.1, -0.05) is 0 Å². The third kappa shape index (κ3) is 2.49. The Balaban J connectivity index is 1.59. The highest BCUT2D eigenvalue weighted by molar-refractivity contribution is 5.58.